The van der Waals surface area contributed by atoms with Gasteiger partial charge in [0.05, 0.1) is 11.0 Å². The average molecular weight is 284 g/mol. The van der Waals surface area contributed by atoms with Gasteiger partial charge in [0.2, 0.25) is 0 Å². The predicted octanol–water partition coefficient (Wildman–Crippen LogP) is 2.16. The maximum atomic E-state index is 13.9. The standard InChI is InChI=1S/C13H14F2N2OS/c1-7-4-5-8(14)10(11(7)15)13(18)17-6-2-3-9(17)12(16)19/h4-5,9H,2-3,6H2,1H3,(H2,16,19). The zero-order valence-corrected chi connectivity index (χ0v) is 11.3. The van der Waals surface area contributed by atoms with Crippen LogP contribution in [0, 0.1) is 18.6 Å². The van der Waals surface area contributed by atoms with E-state index < -0.39 is 29.1 Å². The third kappa shape index (κ3) is 2.45. The summed E-state index contributed by atoms with van der Waals surface area (Å²) in [7, 11) is 0. The molecule has 0 radical (unpaired) electrons. The number of carbonyl (C=O) groups excluding carboxylic acids is 1. The summed E-state index contributed by atoms with van der Waals surface area (Å²) in [6.07, 6.45) is 1.36. The van der Waals surface area contributed by atoms with Crippen molar-refractivity contribution in [1.82, 2.24) is 4.90 Å². The van der Waals surface area contributed by atoms with E-state index in [2.05, 4.69) is 0 Å². The Kier molecular flexibility index (Phi) is 3.80. The fourth-order valence-corrected chi connectivity index (χ4v) is 2.55. The highest BCUT2D eigenvalue weighted by molar-refractivity contribution is 7.80. The quantitative estimate of drug-likeness (QED) is 0.847. The second-order valence-electron chi connectivity index (χ2n) is 4.61. The molecule has 19 heavy (non-hydrogen) atoms. The van der Waals surface area contributed by atoms with Crippen molar-refractivity contribution in [1.29, 1.82) is 0 Å². The molecule has 1 aliphatic rings. The van der Waals surface area contributed by atoms with Crippen LogP contribution in [0.1, 0.15) is 28.8 Å². The lowest BCUT2D eigenvalue weighted by molar-refractivity contribution is 0.0760. The molecule has 102 valence electrons. The Bertz CT molecular complexity index is 548. The van der Waals surface area contributed by atoms with Gasteiger partial charge in [0, 0.05) is 6.54 Å². The fraction of sp³-hybridized carbons (Fsp3) is 0.385. The van der Waals surface area contributed by atoms with Crippen molar-refractivity contribution in [2.75, 3.05) is 6.54 Å². The van der Waals surface area contributed by atoms with Crippen molar-refractivity contribution >= 4 is 23.1 Å². The van der Waals surface area contributed by atoms with Crippen molar-refractivity contribution in [2.45, 2.75) is 25.8 Å². The number of hydrogen-bond donors (Lipinski definition) is 1. The van der Waals surface area contributed by atoms with Crippen LogP contribution in [-0.4, -0.2) is 28.4 Å². The van der Waals surface area contributed by atoms with Crippen LogP contribution >= 0.6 is 12.2 Å². The van der Waals surface area contributed by atoms with Crippen LogP contribution in [0.4, 0.5) is 8.78 Å². The molecular formula is C13H14F2N2OS. The number of nitrogens with zero attached hydrogens (tertiary/aromatic N) is 1. The van der Waals surface area contributed by atoms with E-state index in [-0.39, 0.29) is 10.6 Å². The first-order chi connectivity index (χ1) is 8.93. The first kappa shape index (κ1) is 13.9. The maximum Gasteiger partial charge on any atom is 0.260 e. The number of nitrogens with two attached hydrogens (primary N) is 1. The Labute approximate surface area is 115 Å². The lowest BCUT2D eigenvalue weighted by atomic mass is 10.1. The zero-order chi connectivity index (χ0) is 14.2. The molecule has 1 saturated heterocycles. The van der Waals surface area contributed by atoms with Gasteiger partial charge in [-0.1, -0.05) is 18.3 Å². The number of rotatable bonds is 2. The summed E-state index contributed by atoms with van der Waals surface area (Å²) < 4.78 is 27.7. The molecule has 2 rings (SSSR count). The Morgan fingerprint density at radius 1 is 1.47 bits per heavy atom. The van der Waals surface area contributed by atoms with Gasteiger partial charge in [-0.15, -0.1) is 0 Å². The minimum absolute atomic E-state index is 0.180. The Hall–Kier alpha value is -1.56. The number of likely N-dealkylation sites (tertiary alicyclic amines) is 1. The minimum atomic E-state index is -0.860. The number of halogens is 2. The van der Waals surface area contributed by atoms with Gasteiger partial charge in [0.25, 0.3) is 5.91 Å². The summed E-state index contributed by atoms with van der Waals surface area (Å²) >= 11 is 4.89. The van der Waals surface area contributed by atoms with Crippen LogP contribution in [0.2, 0.25) is 0 Å². The lowest BCUT2D eigenvalue weighted by Crippen LogP contribution is -2.43. The fourth-order valence-electron chi connectivity index (χ4n) is 2.30. The molecule has 0 saturated carbocycles. The lowest BCUT2D eigenvalue weighted by Gasteiger charge is -2.24. The molecule has 0 bridgehead atoms. The van der Waals surface area contributed by atoms with E-state index in [1.807, 2.05) is 0 Å². The molecule has 3 nitrogen and oxygen atoms in total. The largest absolute Gasteiger partial charge is 0.392 e. The predicted molar refractivity (Wildman–Crippen MR) is 71.9 cm³/mol. The molecule has 1 aromatic carbocycles. The van der Waals surface area contributed by atoms with Gasteiger partial charge >= 0.3 is 0 Å². The molecule has 1 atom stereocenters. The zero-order valence-electron chi connectivity index (χ0n) is 10.5. The van der Waals surface area contributed by atoms with E-state index in [4.69, 9.17) is 18.0 Å². The third-order valence-corrected chi connectivity index (χ3v) is 3.61. The molecule has 1 amide bonds. The van der Waals surface area contributed by atoms with Gasteiger partial charge in [-0.3, -0.25) is 4.79 Å². The number of carbonyl (C=O) groups is 1. The van der Waals surface area contributed by atoms with Crippen LogP contribution in [0.3, 0.4) is 0 Å². The Balaban J connectivity index is 2.40. The van der Waals surface area contributed by atoms with E-state index in [0.717, 1.165) is 12.5 Å². The second-order valence-corrected chi connectivity index (χ2v) is 5.08. The monoisotopic (exact) mass is 284 g/mol. The van der Waals surface area contributed by atoms with Gasteiger partial charge in [-0.2, -0.15) is 0 Å². The molecule has 1 aromatic rings. The van der Waals surface area contributed by atoms with Crippen LogP contribution in [-0.2, 0) is 0 Å². The summed E-state index contributed by atoms with van der Waals surface area (Å²) in [6, 6.07) is 1.98. The summed E-state index contributed by atoms with van der Waals surface area (Å²) in [5, 5.41) is 0. The van der Waals surface area contributed by atoms with Crippen molar-refractivity contribution < 1.29 is 13.6 Å². The van der Waals surface area contributed by atoms with Crippen molar-refractivity contribution in [2.24, 2.45) is 5.73 Å². The molecule has 1 heterocycles. The molecule has 1 aliphatic heterocycles. The van der Waals surface area contributed by atoms with Gasteiger partial charge < -0.3 is 10.6 Å². The molecular weight excluding hydrogens is 270 g/mol. The first-order valence-electron chi connectivity index (χ1n) is 5.98. The van der Waals surface area contributed by atoms with Crippen LogP contribution in [0.5, 0.6) is 0 Å². The third-order valence-electron chi connectivity index (χ3n) is 3.34. The highest BCUT2D eigenvalue weighted by Gasteiger charge is 2.34. The molecule has 1 fully saturated rings. The Morgan fingerprint density at radius 3 is 2.79 bits per heavy atom. The van der Waals surface area contributed by atoms with Crippen LogP contribution in [0.15, 0.2) is 12.1 Å². The van der Waals surface area contributed by atoms with E-state index in [0.29, 0.717) is 13.0 Å². The minimum Gasteiger partial charge on any atom is -0.392 e. The summed E-state index contributed by atoms with van der Waals surface area (Å²) in [5.41, 5.74) is 5.27. The van der Waals surface area contributed by atoms with Gasteiger partial charge in [0.15, 0.2) is 0 Å². The molecule has 0 spiro atoms. The number of aryl methyl sites for hydroxylation is 1. The topological polar surface area (TPSA) is 46.3 Å². The number of amides is 1. The second kappa shape index (κ2) is 5.21. The van der Waals surface area contributed by atoms with Crippen molar-refractivity contribution in [3.63, 3.8) is 0 Å². The Morgan fingerprint density at radius 2 is 2.16 bits per heavy atom. The highest BCUT2D eigenvalue weighted by atomic mass is 32.1. The SMILES string of the molecule is Cc1ccc(F)c(C(=O)N2CCCC2C(N)=S)c1F. The van der Waals surface area contributed by atoms with Crippen LogP contribution < -0.4 is 5.73 Å². The average Bonchev–Trinajstić information content (AvgIpc) is 2.83. The normalized spacial score (nSPS) is 18.7. The van der Waals surface area contributed by atoms with E-state index >= 15 is 0 Å². The van der Waals surface area contributed by atoms with E-state index in [1.54, 1.807) is 0 Å². The summed E-state index contributed by atoms with van der Waals surface area (Å²) in [6.45, 7) is 1.90. The smallest absolute Gasteiger partial charge is 0.260 e. The maximum absolute atomic E-state index is 13.9. The molecule has 0 aliphatic carbocycles. The number of benzene rings is 1. The van der Waals surface area contributed by atoms with Gasteiger partial charge in [0.1, 0.15) is 17.2 Å². The van der Waals surface area contributed by atoms with Crippen LogP contribution in [0.25, 0.3) is 0 Å². The van der Waals surface area contributed by atoms with Crippen molar-refractivity contribution in [3.05, 3.63) is 34.9 Å². The molecule has 0 aromatic heterocycles. The number of hydrogen-bond acceptors (Lipinski definition) is 2. The first-order valence-corrected chi connectivity index (χ1v) is 6.39. The van der Waals surface area contributed by atoms with Gasteiger partial charge in [-0.25, -0.2) is 8.78 Å². The number of thiocarbonyl (C=S) groups is 1. The molecule has 2 N–H and O–H groups in total. The molecule has 1 unspecified atom stereocenters. The van der Waals surface area contributed by atoms with Gasteiger partial charge in [-0.05, 0) is 31.4 Å². The summed E-state index contributed by atoms with van der Waals surface area (Å²) in [5.74, 6) is -2.37. The van der Waals surface area contributed by atoms with E-state index in [1.165, 1.54) is 17.9 Å². The van der Waals surface area contributed by atoms with Crippen molar-refractivity contribution in [3.8, 4) is 0 Å². The molecule has 6 heteroatoms. The van der Waals surface area contributed by atoms with E-state index in [9.17, 15) is 13.6 Å². The highest BCUT2D eigenvalue weighted by Crippen LogP contribution is 2.24. The summed E-state index contributed by atoms with van der Waals surface area (Å²) in [4.78, 5) is 13.8.